The minimum Gasteiger partial charge on any atom is -0.475 e. The number of nitrogens with zero attached hydrogens (tertiary/aromatic N) is 3. The highest BCUT2D eigenvalue weighted by atomic mass is 19.4. The normalized spacial score (nSPS) is 22.1. The Labute approximate surface area is 202 Å². The minimum absolute atomic E-state index is 0.0984. The van der Waals surface area contributed by atoms with Gasteiger partial charge in [0.2, 0.25) is 0 Å². The highest BCUT2D eigenvalue weighted by molar-refractivity contribution is 5.80. The van der Waals surface area contributed by atoms with Gasteiger partial charge in [-0.3, -0.25) is 14.7 Å². The predicted octanol–water partition coefficient (Wildman–Crippen LogP) is 2.81. The van der Waals surface area contributed by atoms with Crippen LogP contribution in [0.25, 0.3) is 0 Å². The molecule has 0 aliphatic carbocycles. The van der Waals surface area contributed by atoms with Gasteiger partial charge in [0.25, 0.3) is 5.91 Å². The van der Waals surface area contributed by atoms with E-state index in [1.54, 1.807) is 19.0 Å². The molecule has 2 aliphatic rings. The molecule has 2 fully saturated rings. The zero-order valence-electron chi connectivity index (χ0n) is 19.5. The van der Waals surface area contributed by atoms with Gasteiger partial charge in [0.1, 0.15) is 6.10 Å². The van der Waals surface area contributed by atoms with E-state index in [-0.39, 0.29) is 17.4 Å². The number of hydrogen-bond donors (Lipinski definition) is 2. The number of carboxylic acids is 2. The zero-order chi connectivity index (χ0) is 27.7. The van der Waals surface area contributed by atoms with E-state index in [1.165, 1.54) is 12.0 Å². The topological polar surface area (TPSA) is 120 Å². The zero-order valence-corrected chi connectivity index (χ0v) is 19.5. The number of rotatable bonds is 3. The van der Waals surface area contributed by atoms with Gasteiger partial charge in [0, 0.05) is 45.0 Å². The van der Waals surface area contributed by atoms with Gasteiger partial charge in [-0.15, -0.1) is 0 Å². The lowest BCUT2D eigenvalue weighted by molar-refractivity contribution is -0.193. The average Bonchev–Trinajstić information content (AvgIpc) is 3.16. The van der Waals surface area contributed by atoms with Crippen molar-refractivity contribution in [1.82, 2.24) is 14.8 Å². The lowest BCUT2D eigenvalue weighted by Gasteiger charge is -2.39. The van der Waals surface area contributed by atoms with Crippen LogP contribution in [-0.2, 0) is 25.7 Å². The quantitative estimate of drug-likeness (QED) is 0.572. The lowest BCUT2D eigenvalue weighted by atomic mass is 9.78. The maximum absolute atomic E-state index is 12.1. The molecule has 2 N–H and O–H groups in total. The molecule has 204 valence electrons. The van der Waals surface area contributed by atoms with E-state index in [9.17, 15) is 31.1 Å². The molecule has 2 unspecified atom stereocenters. The molecule has 0 bridgehead atoms. The smallest absolute Gasteiger partial charge is 0.475 e. The molecular formula is C21H27F6N3O6. The second-order valence-electron chi connectivity index (χ2n) is 8.52. The summed E-state index contributed by atoms with van der Waals surface area (Å²) in [5.41, 5.74) is 1.40. The van der Waals surface area contributed by atoms with Crippen LogP contribution in [0.5, 0.6) is 0 Å². The number of pyridine rings is 1. The van der Waals surface area contributed by atoms with Crippen LogP contribution in [0.15, 0.2) is 24.5 Å². The predicted molar refractivity (Wildman–Crippen MR) is 112 cm³/mol. The Balaban J connectivity index is 0.000000383. The van der Waals surface area contributed by atoms with Crippen LogP contribution in [0.1, 0.15) is 24.8 Å². The van der Waals surface area contributed by atoms with Gasteiger partial charge in [-0.05, 0) is 37.4 Å². The number of ether oxygens (including phenoxy) is 1. The van der Waals surface area contributed by atoms with E-state index in [0.29, 0.717) is 6.61 Å². The molecule has 15 heteroatoms. The van der Waals surface area contributed by atoms with Crippen LogP contribution in [0, 0.1) is 5.41 Å². The molecular weight excluding hydrogens is 504 g/mol. The molecule has 3 rings (SSSR count). The van der Waals surface area contributed by atoms with Crippen molar-refractivity contribution >= 4 is 17.8 Å². The number of carbonyl (C=O) groups is 3. The number of amides is 1. The van der Waals surface area contributed by atoms with Crippen molar-refractivity contribution in [1.29, 1.82) is 0 Å². The highest BCUT2D eigenvalue weighted by Gasteiger charge is 2.45. The van der Waals surface area contributed by atoms with Crippen molar-refractivity contribution in [3.63, 3.8) is 0 Å². The van der Waals surface area contributed by atoms with Crippen LogP contribution >= 0.6 is 0 Å². The standard InChI is InChI=1S/C17H25N3O2.2C2HF3O2/c1-19(2)16(21)15-9-17(13-22-15)6-4-8-20(12-17)11-14-5-3-7-18-10-14;2*3-2(4,5)1(6)7/h3,5,7,10,15H,4,6,8-9,11-13H2,1-2H3;2*(H,6,7). The molecule has 2 atom stereocenters. The van der Waals surface area contributed by atoms with Crippen LogP contribution in [0.2, 0.25) is 0 Å². The molecule has 1 amide bonds. The number of alkyl halides is 6. The van der Waals surface area contributed by atoms with Crippen molar-refractivity contribution < 1.29 is 55.7 Å². The number of piperidine rings is 1. The molecule has 9 nitrogen and oxygen atoms in total. The van der Waals surface area contributed by atoms with Crippen LogP contribution in [-0.4, -0.2) is 95.1 Å². The summed E-state index contributed by atoms with van der Waals surface area (Å²) in [4.78, 5) is 38.2. The van der Waals surface area contributed by atoms with E-state index in [1.807, 2.05) is 18.5 Å². The number of aliphatic carboxylic acids is 2. The molecule has 1 aromatic heterocycles. The summed E-state index contributed by atoms with van der Waals surface area (Å²) in [7, 11) is 3.60. The van der Waals surface area contributed by atoms with Crippen LogP contribution < -0.4 is 0 Å². The van der Waals surface area contributed by atoms with E-state index < -0.39 is 24.3 Å². The summed E-state index contributed by atoms with van der Waals surface area (Å²) in [6.07, 6.45) is -3.49. The summed E-state index contributed by atoms with van der Waals surface area (Å²) in [5.74, 6) is -5.42. The van der Waals surface area contributed by atoms with Crippen molar-refractivity contribution in [3.05, 3.63) is 30.1 Å². The fourth-order valence-corrected chi connectivity index (χ4v) is 3.71. The second-order valence-corrected chi connectivity index (χ2v) is 8.52. The molecule has 0 radical (unpaired) electrons. The van der Waals surface area contributed by atoms with E-state index in [4.69, 9.17) is 24.5 Å². The monoisotopic (exact) mass is 531 g/mol. The molecule has 0 aromatic carbocycles. The largest absolute Gasteiger partial charge is 0.490 e. The summed E-state index contributed by atoms with van der Waals surface area (Å²) in [6.45, 7) is 3.77. The molecule has 2 saturated heterocycles. The number of likely N-dealkylation sites (tertiary alicyclic amines) is 1. The summed E-state index contributed by atoms with van der Waals surface area (Å²) in [6, 6.07) is 4.11. The van der Waals surface area contributed by atoms with Gasteiger partial charge in [-0.1, -0.05) is 6.07 Å². The van der Waals surface area contributed by atoms with Gasteiger partial charge >= 0.3 is 24.3 Å². The lowest BCUT2D eigenvalue weighted by Crippen LogP contribution is -2.44. The van der Waals surface area contributed by atoms with Crippen LogP contribution in [0.4, 0.5) is 26.3 Å². The number of aromatic nitrogens is 1. The average molecular weight is 531 g/mol. The Morgan fingerprint density at radius 1 is 1.14 bits per heavy atom. The van der Waals surface area contributed by atoms with Gasteiger partial charge < -0.3 is 19.8 Å². The number of hydrogen-bond acceptors (Lipinski definition) is 6. The van der Waals surface area contributed by atoms with Crippen molar-refractivity contribution in [2.24, 2.45) is 5.41 Å². The Bertz CT molecular complexity index is 857. The Morgan fingerprint density at radius 2 is 1.69 bits per heavy atom. The van der Waals surface area contributed by atoms with Gasteiger partial charge in [-0.2, -0.15) is 26.3 Å². The third kappa shape index (κ3) is 10.4. The van der Waals surface area contributed by atoms with E-state index in [2.05, 4.69) is 16.0 Å². The first-order valence-electron chi connectivity index (χ1n) is 10.5. The first kappa shape index (κ1) is 31.1. The highest BCUT2D eigenvalue weighted by Crippen LogP contribution is 2.41. The first-order valence-corrected chi connectivity index (χ1v) is 10.5. The van der Waals surface area contributed by atoms with Crippen molar-refractivity contribution in [2.45, 2.75) is 44.3 Å². The maximum Gasteiger partial charge on any atom is 0.490 e. The van der Waals surface area contributed by atoms with Gasteiger partial charge in [-0.25, -0.2) is 9.59 Å². The second kappa shape index (κ2) is 12.9. The number of carbonyl (C=O) groups excluding carboxylic acids is 1. The SMILES string of the molecule is CN(C)C(=O)C1CC2(CCCN(Cc3cccnc3)C2)CO1.O=C(O)C(F)(F)F.O=C(O)C(F)(F)F. The van der Waals surface area contributed by atoms with Gasteiger partial charge in [0.15, 0.2) is 0 Å². The molecule has 1 aromatic rings. The summed E-state index contributed by atoms with van der Waals surface area (Å²) < 4.78 is 69.3. The number of halogens is 6. The fraction of sp³-hybridized carbons (Fsp3) is 0.619. The van der Waals surface area contributed by atoms with Crippen molar-refractivity contribution in [2.75, 3.05) is 33.8 Å². The van der Waals surface area contributed by atoms with Gasteiger partial charge in [0.05, 0.1) is 6.61 Å². The summed E-state index contributed by atoms with van der Waals surface area (Å²) in [5, 5.41) is 14.2. The van der Waals surface area contributed by atoms with E-state index >= 15 is 0 Å². The van der Waals surface area contributed by atoms with E-state index in [0.717, 1.165) is 32.5 Å². The third-order valence-corrected chi connectivity index (χ3v) is 5.28. The summed E-state index contributed by atoms with van der Waals surface area (Å²) >= 11 is 0. The molecule has 1 spiro atoms. The molecule has 36 heavy (non-hydrogen) atoms. The Kier molecular flexibility index (Phi) is 11.1. The Hall–Kier alpha value is -2.94. The molecule has 2 aliphatic heterocycles. The minimum atomic E-state index is -5.08. The number of carboxylic acid groups (broad SMARTS) is 2. The fourth-order valence-electron chi connectivity index (χ4n) is 3.71. The van der Waals surface area contributed by atoms with Crippen molar-refractivity contribution in [3.8, 4) is 0 Å². The third-order valence-electron chi connectivity index (χ3n) is 5.28. The molecule has 3 heterocycles. The molecule has 0 saturated carbocycles. The number of likely N-dealkylation sites (N-methyl/N-ethyl adjacent to an activating group) is 1. The Morgan fingerprint density at radius 3 is 2.14 bits per heavy atom. The maximum atomic E-state index is 12.1. The first-order chi connectivity index (χ1) is 16.5. The van der Waals surface area contributed by atoms with Crippen LogP contribution in [0.3, 0.4) is 0 Å².